The lowest BCUT2D eigenvalue weighted by Gasteiger charge is -2.37. The molecule has 1 aromatic heterocycles. The van der Waals surface area contributed by atoms with E-state index >= 15 is 0 Å². The minimum absolute atomic E-state index is 0.189. The lowest BCUT2D eigenvalue weighted by molar-refractivity contribution is 0.396. The Balaban J connectivity index is 1.59. The second kappa shape index (κ2) is 9.84. The molecule has 4 aromatic rings. The molecule has 176 valence electrons. The van der Waals surface area contributed by atoms with Gasteiger partial charge in [-0.3, -0.25) is 0 Å². The van der Waals surface area contributed by atoms with Crippen molar-refractivity contribution in [2.24, 2.45) is 0 Å². The second-order valence-corrected chi connectivity index (χ2v) is 9.23. The third-order valence-electron chi connectivity index (χ3n) is 6.43. The Labute approximate surface area is 211 Å². The van der Waals surface area contributed by atoms with Crippen LogP contribution in [0.5, 0.6) is 0 Å². The number of aromatic nitrogens is 2. The van der Waals surface area contributed by atoms with Gasteiger partial charge >= 0.3 is 0 Å². The van der Waals surface area contributed by atoms with Crippen LogP contribution in [0.1, 0.15) is 48.0 Å². The van der Waals surface area contributed by atoms with E-state index in [-0.39, 0.29) is 6.04 Å². The number of thiocarbonyl (C=S) groups is 1. The molecule has 35 heavy (non-hydrogen) atoms. The van der Waals surface area contributed by atoms with Gasteiger partial charge in [0.25, 0.3) is 5.89 Å². The Morgan fingerprint density at radius 2 is 1.71 bits per heavy atom. The Bertz CT molecular complexity index is 1380. The molecule has 5 nitrogen and oxygen atoms in total. The summed E-state index contributed by atoms with van der Waals surface area (Å²) < 4.78 is 5.87. The molecular weight excluding hydrogens is 452 g/mol. The Morgan fingerprint density at radius 1 is 0.943 bits per heavy atom. The van der Waals surface area contributed by atoms with E-state index in [0.29, 0.717) is 23.4 Å². The lowest BCUT2D eigenvalue weighted by atomic mass is 9.93. The minimum atomic E-state index is -0.189. The maximum Gasteiger partial charge on any atom is 0.258 e. The van der Waals surface area contributed by atoms with E-state index in [1.165, 1.54) is 11.1 Å². The molecule has 1 unspecified atom stereocenters. The molecule has 0 fully saturated rings. The van der Waals surface area contributed by atoms with Gasteiger partial charge in [-0.25, -0.2) is 0 Å². The number of nitrogens with one attached hydrogen (secondary N) is 1. The van der Waals surface area contributed by atoms with Gasteiger partial charge in [0.05, 0.1) is 11.6 Å². The van der Waals surface area contributed by atoms with Crippen LogP contribution in [-0.2, 0) is 13.0 Å². The standard InChI is InChI=1S/C29H28N4OS/c1-4-21-13-15-23(16-14-21)26-25(28-31-27(32-34-28)24-12-8-9-19(2)17-24)20(3)33(29(35)30-26)18-22-10-6-5-7-11-22/h5-17,26H,4,18H2,1-3H3,(H,30,35). The molecule has 0 spiro atoms. The predicted molar refractivity (Wildman–Crippen MR) is 143 cm³/mol. The van der Waals surface area contributed by atoms with E-state index < -0.39 is 0 Å². The van der Waals surface area contributed by atoms with Crippen LogP contribution in [-0.4, -0.2) is 20.2 Å². The summed E-state index contributed by atoms with van der Waals surface area (Å²) in [6.07, 6.45) is 0.993. The van der Waals surface area contributed by atoms with E-state index in [1.807, 2.05) is 30.3 Å². The molecule has 2 heterocycles. The van der Waals surface area contributed by atoms with Crippen molar-refractivity contribution in [1.82, 2.24) is 20.4 Å². The largest absolute Gasteiger partial charge is 0.351 e. The van der Waals surface area contributed by atoms with Crippen LogP contribution in [0.25, 0.3) is 17.0 Å². The maximum atomic E-state index is 5.87. The summed E-state index contributed by atoms with van der Waals surface area (Å²) in [5, 5.41) is 8.55. The van der Waals surface area contributed by atoms with Crippen LogP contribution in [0.2, 0.25) is 0 Å². The highest BCUT2D eigenvalue weighted by Crippen LogP contribution is 2.38. The van der Waals surface area contributed by atoms with Gasteiger partial charge in [-0.15, -0.1) is 0 Å². The van der Waals surface area contributed by atoms with E-state index in [2.05, 4.69) is 84.7 Å². The zero-order valence-electron chi connectivity index (χ0n) is 20.2. The average Bonchev–Trinajstić information content (AvgIpc) is 3.37. The zero-order chi connectivity index (χ0) is 24.4. The first-order valence-corrected chi connectivity index (χ1v) is 12.3. The molecule has 1 aliphatic heterocycles. The Morgan fingerprint density at radius 3 is 2.43 bits per heavy atom. The van der Waals surface area contributed by atoms with Crippen molar-refractivity contribution in [3.8, 4) is 11.4 Å². The zero-order valence-corrected chi connectivity index (χ0v) is 21.0. The summed E-state index contributed by atoms with van der Waals surface area (Å²) in [6, 6.07) is 26.9. The van der Waals surface area contributed by atoms with Crippen LogP contribution in [0.4, 0.5) is 0 Å². The molecular formula is C29H28N4OS. The molecule has 5 rings (SSSR count). The van der Waals surface area contributed by atoms with Gasteiger partial charge in [-0.2, -0.15) is 4.98 Å². The van der Waals surface area contributed by atoms with Crippen molar-refractivity contribution in [2.75, 3.05) is 0 Å². The summed E-state index contributed by atoms with van der Waals surface area (Å²) >= 11 is 5.84. The van der Waals surface area contributed by atoms with Gasteiger partial charge in [-0.05, 0) is 55.2 Å². The maximum absolute atomic E-state index is 5.87. The number of aryl methyl sites for hydroxylation is 2. The first-order valence-electron chi connectivity index (χ1n) is 11.9. The van der Waals surface area contributed by atoms with Crippen molar-refractivity contribution in [3.63, 3.8) is 0 Å². The van der Waals surface area contributed by atoms with Crippen LogP contribution in [0.15, 0.2) is 89.1 Å². The first kappa shape index (κ1) is 23.0. The van der Waals surface area contributed by atoms with Gasteiger partial charge in [0.15, 0.2) is 5.11 Å². The van der Waals surface area contributed by atoms with Gasteiger partial charge in [0, 0.05) is 17.8 Å². The topological polar surface area (TPSA) is 54.2 Å². The summed E-state index contributed by atoms with van der Waals surface area (Å²) in [5.74, 6) is 1.07. The average molecular weight is 481 g/mol. The Hall–Kier alpha value is -3.77. The fourth-order valence-electron chi connectivity index (χ4n) is 4.44. The number of benzene rings is 3. The highest BCUT2D eigenvalue weighted by atomic mass is 32.1. The normalized spacial score (nSPS) is 15.9. The minimum Gasteiger partial charge on any atom is -0.351 e. The molecule has 1 aliphatic rings. The van der Waals surface area contributed by atoms with Gasteiger partial charge in [0.1, 0.15) is 0 Å². The number of hydrogen-bond acceptors (Lipinski definition) is 4. The van der Waals surface area contributed by atoms with Crippen molar-refractivity contribution >= 4 is 22.9 Å². The smallest absolute Gasteiger partial charge is 0.258 e. The lowest BCUT2D eigenvalue weighted by Crippen LogP contribution is -2.45. The van der Waals surface area contributed by atoms with Crippen LogP contribution in [0, 0.1) is 6.92 Å². The molecule has 6 heteroatoms. The molecule has 0 radical (unpaired) electrons. The number of hydrogen-bond donors (Lipinski definition) is 1. The molecule has 0 saturated carbocycles. The summed E-state index contributed by atoms with van der Waals surface area (Å²) in [6.45, 7) is 6.95. The van der Waals surface area contributed by atoms with Crippen molar-refractivity contribution < 1.29 is 4.52 Å². The molecule has 0 bridgehead atoms. The third-order valence-corrected chi connectivity index (χ3v) is 6.77. The summed E-state index contributed by atoms with van der Waals surface area (Å²) in [5.41, 5.74) is 7.59. The molecule has 1 atom stereocenters. The summed E-state index contributed by atoms with van der Waals surface area (Å²) in [7, 11) is 0. The number of rotatable bonds is 6. The first-order chi connectivity index (χ1) is 17.0. The Kier molecular flexibility index (Phi) is 6.47. The molecule has 1 N–H and O–H groups in total. The van der Waals surface area contributed by atoms with Gasteiger partial charge in [-0.1, -0.05) is 90.4 Å². The van der Waals surface area contributed by atoms with Crippen molar-refractivity contribution in [3.05, 3.63) is 113 Å². The van der Waals surface area contributed by atoms with E-state index in [1.54, 1.807) is 0 Å². The van der Waals surface area contributed by atoms with Crippen LogP contribution >= 0.6 is 12.2 Å². The molecule has 0 saturated heterocycles. The highest BCUT2D eigenvalue weighted by molar-refractivity contribution is 7.80. The fraction of sp³-hybridized carbons (Fsp3) is 0.207. The van der Waals surface area contributed by atoms with Crippen molar-refractivity contribution in [1.29, 1.82) is 0 Å². The predicted octanol–water partition coefficient (Wildman–Crippen LogP) is 6.47. The monoisotopic (exact) mass is 480 g/mol. The van der Waals surface area contributed by atoms with Crippen molar-refractivity contribution in [2.45, 2.75) is 39.8 Å². The van der Waals surface area contributed by atoms with Crippen LogP contribution in [0.3, 0.4) is 0 Å². The highest BCUT2D eigenvalue weighted by Gasteiger charge is 2.34. The molecule has 3 aromatic carbocycles. The van der Waals surface area contributed by atoms with E-state index in [4.69, 9.17) is 21.7 Å². The second-order valence-electron chi connectivity index (χ2n) is 8.84. The van der Waals surface area contributed by atoms with E-state index in [9.17, 15) is 0 Å². The number of nitrogens with zero attached hydrogens (tertiary/aromatic N) is 3. The molecule has 0 amide bonds. The summed E-state index contributed by atoms with van der Waals surface area (Å²) in [4.78, 5) is 6.93. The van der Waals surface area contributed by atoms with Gasteiger partial charge in [0.2, 0.25) is 5.82 Å². The molecule has 0 aliphatic carbocycles. The SMILES string of the molecule is CCc1ccc(C2NC(=S)N(Cc3ccccc3)C(C)=C2c2nc(-c3cccc(C)c3)no2)cc1. The fourth-order valence-corrected chi connectivity index (χ4v) is 4.76. The van der Waals surface area contributed by atoms with E-state index in [0.717, 1.165) is 34.4 Å². The van der Waals surface area contributed by atoms with Crippen LogP contribution < -0.4 is 5.32 Å². The quantitative estimate of drug-likeness (QED) is 0.319. The third kappa shape index (κ3) is 4.75. The number of allylic oxidation sites excluding steroid dienone is 1. The van der Waals surface area contributed by atoms with Gasteiger partial charge < -0.3 is 14.7 Å².